The standard InChI is InChI=1S/C18H27N3O/c1-13(2)10-15-11-16(21-20-15)17(22)19-12-18(8-9-18)14-6-4-3-5-7-14/h3-7,13,15-16,20-21H,8-12H2,1-2H3,(H,19,22). The Balaban J connectivity index is 1.49. The Bertz CT molecular complexity index is 510. The van der Waals surface area contributed by atoms with Gasteiger partial charge in [0.15, 0.2) is 0 Å². The number of carbonyl (C=O) groups excluding carboxylic acids is 1. The van der Waals surface area contributed by atoms with Crippen LogP contribution in [0, 0.1) is 5.92 Å². The first-order valence-corrected chi connectivity index (χ1v) is 8.43. The second-order valence-electron chi connectivity index (χ2n) is 7.27. The number of benzene rings is 1. The van der Waals surface area contributed by atoms with Crippen molar-refractivity contribution < 1.29 is 4.79 Å². The summed E-state index contributed by atoms with van der Waals surface area (Å²) in [4.78, 5) is 12.4. The molecule has 1 aliphatic carbocycles. The largest absolute Gasteiger partial charge is 0.354 e. The fourth-order valence-corrected chi connectivity index (χ4v) is 3.41. The summed E-state index contributed by atoms with van der Waals surface area (Å²) < 4.78 is 0. The molecular weight excluding hydrogens is 274 g/mol. The van der Waals surface area contributed by atoms with Crippen molar-refractivity contribution in [2.45, 2.75) is 57.0 Å². The zero-order valence-electron chi connectivity index (χ0n) is 13.6. The van der Waals surface area contributed by atoms with Crippen molar-refractivity contribution >= 4 is 5.91 Å². The zero-order chi connectivity index (χ0) is 15.6. The molecule has 1 aromatic rings. The normalized spacial score (nSPS) is 26.1. The van der Waals surface area contributed by atoms with Crippen molar-refractivity contribution in [3.8, 4) is 0 Å². The number of carbonyl (C=O) groups is 1. The van der Waals surface area contributed by atoms with E-state index in [-0.39, 0.29) is 17.4 Å². The molecule has 1 aromatic carbocycles. The number of hydrazine groups is 1. The van der Waals surface area contributed by atoms with E-state index in [0.717, 1.165) is 19.4 Å². The average Bonchev–Trinajstić information content (AvgIpc) is 3.17. The van der Waals surface area contributed by atoms with E-state index in [1.165, 1.54) is 18.4 Å². The Morgan fingerprint density at radius 1 is 1.27 bits per heavy atom. The molecule has 0 spiro atoms. The van der Waals surface area contributed by atoms with Gasteiger partial charge < -0.3 is 5.32 Å². The third kappa shape index (κ3) is 3.50. The van der Waals surface area contributed by atoms with Gasteiger partial charge in [-0.25, -0.2) is 5.43 Å². The molecule has 0 radical (unpaired) electrons. The Labute approximate surface area is 133 Å². The highest BCUT2D eigenvalue weighted by atomic mass is 16.2. The van der Waals surface area contributed by atoms with Gasteiger partial charge in [-0.15, -0.1) is 0 Å². The second-order valence-corrected chi connectivity index (χ2v) is 7.27. The van der Waals surface area contributed by atoms with Crippen LogP contribution in [-0.4, -0.2) is 24.5 Å². The molecule has 1 aliphatic heterocycles. The Hall–Kier alpha value is -1.39. The molecule has 3 N–H and O–H groups in total. The lowest BCUT2D eigenvalue weighted by molar-refractivity contribution is -0.123. The summed E-state index contributed by atoms with van der Waals surface area (Å²) in [6.45, 7) is 5.18. The van der Waals surface area contributed by atoms with Crippen LogP contribution in [0.1, 0.15) is 45.1 Å². The van der Waals surface area contributed by atoms with E-state index < -0.39 is 0 Å². The van der Waals surface area contributed by atoms with Crippen LogP contribution in [0.25, 0.3) is 0 Å². The second kappa shape index (κ2) is 6.39. The van der Waals surface area contributed by atoms with E-state index in [4.69, 9.17) is 0 Å². The number of amides is 1. The fourth-order valence-electron chi connectivity index (χ4n) is 3.41. The average molecular weight is 301 g/mol. The van der Waals surface area contributed by atoms with Gasteiger partial charge >= 0.3 is 0 Å². The molecule has 1 saturated carbocycles. The fraction of sp³-hybridized carbons (Fsp3) is 0.611. The molecule has 1 amide bonds. The smallest absolute Gasteiger partial charge is 0.238 e. The van der Waals surface area contributed by atoms with Gasteiger partial charge in [-0.3, -0.25) is 10.2 Å². The van der Waals surface area contributed by atoms with E-state index in [1.807, 2.05) is 6.07 Å². The minimum atomic E-state index is -0.102. The molecule has 4 nitrogen and oxygen atoms in total. The lowest BCUT2D eigenvalue weighted by Gasteiger charge is -2.18. The third-order valence-electron chi connectivity index (χ3n) is 4.90. The van der Waals surface area contributed by atoms with Gasteiger partial charge in [0.25, 0.3) is 0 Å². The van der Waals surface area contributed by atoms with E-state index >= 15 is 0 Å². The SMILES string of the molecule is CC(C)CC1CC(C(=O)NCC2(c3ccccc3)CC2)NN1. The van der Waals surface area contributed by atoms with Crippen molar-refractivity contribution in [3.63, 3.8) is 0 Å². The first kappa shape index (κ1) is 15.5. The minimum Gasteiger partial charge on any atom is -0.354 e. The predicted octanol–water partition coefficient (Wildman–Crippen LogP) is 2.12. The van der Waals surface area contributed by atoms with Gasteiger partial charge in [0.1, 0.15) is 6.04 Å². The molecule has 1 saturated heterocycles. The third-order valence-corrected chi connectivity index (χ3v) is 4.90. The van der Waals surface area contributed by atoms with Crippen LogP contribution in [0.3, 0.4) is 0 Å². The molecule has 2 fully saturated rings. The molecule has 0 bridgehead atoms. The molecule has 0 aromatic heterocycles. The number of hydrogen-bond donors (Lipinski definition) is 3. The Morgan fingerprint density at radius 3 is 2.64 bits per heavy atom. The first-order valence-electron chi connectivity index (χ1n) is 8.43. The summed E-state index contributed by atoms with van der Waals surface area (Å²) in [5, 5.41) is 3.16. The zero-order valence-corrected chi connectivity index (χ0v) is 13.6. The quantitative estimate of drug-likeness (QED) is 0.754. The summed E-state index contributed by atoms with van der Waals surface area (Å²) >= 11 is 0. The first-order chi connectivity index (χ1) is 10.6. The lowest BCUT2D eigenvalue weighted by Crippen LogP contribution is -2.45. The number of rotatable bonds is 6. The van der Waals surface area contributed by atoms with Crippen LogP contribution in [0.15, 0.2) is 30.3 Å². The van der Waals surface area contributed by atoms with Gasteiger partial charge in [0, 0.05) is 18.0 Å². The van der Waals surface area contributed by atoms with Gasteiger partial charge in [-0.05, 0) is 37.2 Å². The van der Waals surface area contributed by atoms with E-state index in [1.54, 1.807) is 0 Å². The van der Waals surface area contributed by atoms with E-state index in [2.05, 4.69) is 54.3 Å². The van der Waals surface area contributed by atoms with Crippen LogP contribution in [-0.2, 0) is 10.2 Å². The van der Waals surface area contributed by atoms with Crippen LogP contribution >= 0.6 is 0 Å². The summed E-state index contributed by atoms with van der Waals surface area (Å²) in [5.41, 5.74) is 7.93. The maximum atomic E-state index is 12.4. The number of nitrogens with one attached hydrogen (secondary N) is 3. The Kier molecular flexibility index (Phi) is 4.50. The highest BCUT2D eigenvalue weighted by Crippen LogP contribution is 2.47. The van der Waals surface area contributed by atoms with Gasteiger partial charge in [-0.2, -0.15) is 0 Å². The predicted molar refractivity (Wildman–Crippen MR) is 88.3 cm³/mol. The van der Waals surface area contributed by atoms with E-state index in [0.29, 0.717) is 12.0 Å². The van der Waals surface area contributed by atoms with Crippen LogP contribution in [0.4, 0.5) is 0 Å². The molecule has 2 aliphatic rings. The summed E-state index contributed by atoms with van der Waals surface area (Å²) in [6, 6.07) is 10.9. The van der Waals surface area contributed by atoms with E-state index in [9.17, 15) is 4.79 Å². The molecule has 1 heterocycles. The molecule has 3 rings (SSSR count). The molecule has 4 heteroatoms. The monoisotopic (exact) mass is 301 g/mol. The van der Waals surface area contributed by atoms with Crippen LogP contribution in [0.5, 0.6) is 0 Å². The molecule has 120 valence electrons. The highest BCUT2D eigenvalue weighted by Gasteiger charge is 2.44. The van der Waals surface area contributed by atoms with Crippen molar-refractivity contribution in [3.05, 3.63) is 35.9 Å². The summed E-state index contributed by atoms with van der Waals surface area (Å²) in [6.07, 6.45) is 4.32. The molecule has 2 atom stereocenters. The lowest BCUT2D eigenvalue weighted by atomic mass is 9.95. The van der Waals surface area contributed by atoms with Crippen LogP contribution < -0.4 is 16.2 Å². The van der Waals surface area contributed by atoms with Gasteiger partial charge in [0.05, 0.1) is 0 Å². The van der Waals surface area contributed by atoms with Crippen molar-refractivity contribution in [2.75, 3.05) is 6.54 Å². The number of hydrogen-bond acceptors (Lipinski definition) is 3. The van der Waals surface area contributed by atoms with Crippen LogP contribution in [0.2, 0.25) is 0 Å². The molecule has 2 unspecified atom stereocenters. The van der Waals surface area contributed by atoms with Gasteiger partial charge in [0.2, 0.25) is 5.91 Å². The van der Waals surface area contributed by atoms with Crippen molar-refractivity contribution in [1.82, 2.24) is 16.2 Å². The minimum absolute atomic E-state index is 0.102. The van der Waals surface area contributed by atoms with Crippen molar-refractivity contribution in [1.29, 1.82) is 0 Å². The summed E-state index contributed by atoms with van der Waals surface area (Å²) in [5.74, 6) is 0.773. The topological polar surface area (TPSA) is 53.2 Å². The van der Waals surface area contributed by atoms with Crippen molar-refractivity contribution in [2.24, 2.45) is 5.92 Å². The van der Waals surface area contributed by atoms with Gasteiger partial charge in [-0.1, -0.05) is 44.2 Å². The maximum absolute atomic E-state index is 12.4. The highest BCUT2D eigenvalue weighted by molar-refractivity contribution is 5.82. The Morgan fingerprint density at radius 2 is 2.00 bits per heavy atom. The summed E-state index contributed by atoms with van der Waals surface area (Å²) in [7, 11) is 0. The maximum Gasteiger partial charge on any atom is 0.238 e. The molecular formula is C18H27N3O. The molecule has 22 heavy (non-hydrogen) atoms.